The Labute approximate surface area is 113 Å². The predicted octanol–water partition coefficient (Wildman–Crippen LogP) is 2.07. The molecule has 0 aromatic heterocycles. The Morgan fingerprint density at radius 2 is 2.06 bits per heavy atom. The van der Waals surface area contributed by atoms with Gasteiger partial charge in [-0.05, 0) is 27.2 Å². The van der Waals surface area contributed by atoms with Gasteiger partial charge in [-0.25, -0.2) is 9.59 Å². The van der Waals surface area contributed by atoms with Crippen molar-refractivity contribution in [2.75, 3.05) is 12.3 Å². The molecule has 18 heavy (non-hydrogen) atoms. The van der Waals surface area contributed by atoms with E-state index in [-0.39, 0.29) is 17.4 Å². The normalized spacial score (nSPS) is 23.5. The highest BCUT2D eigenvalue weighted by atomic mass is 32.2. The predicted molar refractivity (Wildman–Crippen MR) is 72.7 cm³/mol. The highest BCUT2D eigenvalue weighted by Crippen LogP contribution is 2.32. The van der Waals surface area contributed by atoms with Gasteiger partial charge in [0.1, 0.15) is 6.04 Å². The number of amides is 2. The molecule has 0 aromatic carbocycles. The molecule has 1 fully saturated rings. The third-order valence-electron chi connectivity index (χ3n) is 3.16. The fourth-order valence-corrected chi connectivity index (χ4v) is 3.54. The summed E-state index contributed by atoms with van der Waals surface area (Å²) in [6.45, 7) is 8.38. The quantitative estimate of drug-likeness (QED) is 0.852. The molecular formula is C12H22N2O3S. The number of rotatable bonds is 4. The maximum Gasteiger partial charge on any atom is 0.327 e. The molecule has 1 aliphatic heterocycles. The molecule has 1 heterocycles. The van der Waals surface area contributed by atoms with Crippen LogP contribution in [0.3, 0.4) is 0 Å². The molecule has 2 unspecified atom stereocenters. The van der Waals surface area contributed by atoms with Gasteiger partial charge in [-0.3, -0.25) is 4.90 Å². The fraction of sp³-hybridized carbons (Fsp3) is 0.833. The summed E-state index contributed by atoms with van der Waals surface area (Å²) in [6, 6.07) is -0.767. The number of carbonyl (C=O) groups excluding carboxylic acids is 1. The average Bonchev–Trinajstić information content (AvgIpc) is 2.72. The van der Waals surface area contributed by atoms with Crippen LogP contribution in [0, 0.1) is 0 Å². The molecule has 1 N–H and O–H groups in total. The minimum atomic E-state index is -0.911. The Hall–Kier alpha value is -0.910. The lowest BCUT2D eigenvalue weighted by Crippen LogP contribution is -2.53. The summed E-state index contributed by atoms with van der Waals surface area (Å²) < 4.78 is 0. The largest absolute Gasteiger partial charge is 0.480 e. The molecule has 0 radical (unpaired) electrons. The number of hydrogen-bond acceptors (Lipinski definition) is 3. The van der Waals surface area contributed by atoms with Crippen molar-refractivity contribution in [2.24, 2.45) is 0 Å². The molecule has 0 saturated carbocycles. The SMILES string of the molecule is CCC1SCC(C(=O)O)N1C(=O)N(CC)C(C)C. The molecule has 0 aromatic rings. The number of aliphatic carboxylic acids is 1. The Kier molecular flexibility index (Phi) is 5.31. The van der Waals surface area contributed by atoms with Crippen LogP contribution < -0.4 is 0 Å². The molecule has 1 rings (SSSR count). The van der Waals surface area contributed by atoms with E-state index in [0.717, 1.165) is 6.42 Å². The zero-order valence-corrected chi connectivity index (χ0v) is 12.2. The highest BCUT2D eigenvalue weighted by Gasteiger charge is 2.42. The van der Waals surface area contributed by atoms with Crippen LogP contribution in [0.2, 0.25) is 0 Å². The molecule has 5 nitrogen and oxygen atoms in total. The summed E-state index contributed by atoms with van der Waals surface area (Å²) in [4.78, 5) is 27.0. The molecular weight excluding hydrogens is 252 g/mol. The van der Waals surface area contributed by atoms with E-state index in [4.69, 9.17) is 0 Å². The third kappa shape index (κ3) is 2.91. The first-order chi connectivity index (χ1) is 8.43. The second-order valence-electron chi connectivity index (χ2n) is 4.62. The van der Waals surface area contributed by atoms with Crippen molar-refractivity contribution in [1.29, 1.82) is 0 Å². The number of hydrogen-bond donors (Lipinski definition) is 1. The molecule has 2 amide bonds. The zero-order valence-electron chi connectivity index (χ0n) is 11.4. The van der Waals surface area contributed by atoms with Crippen molar-refractivity contribution in [3.8, 4) is 0 Å². The van der Waals surface area contributed by atoms with E-state index in [1.54, 1.807) is 16.7 Å². The van der Waals surface area contributed by atoms with Gasteiger partial charge in [-0.15, -0.1) is 11.8 Å². The summed E-state index contributed by atoms with van der Waals surface area (Å²) in [5, 5.41) is 9.19. The van der Waals surface area contributed by atoms with Crippen molar-refractivity contribution in [1.82, 2.24) is 9.80 Å². The number of urea groups is 1. The molecule has 1 saturated heterocycles. The van der Waals surface area contributed by atoms with E-state index < -0.39 is 12.0 Å². The molecule has 2 atom stereocenters. The van der Waals surface area contributed by atoms with Crippen LogP contribution in [0.4, 0.5) is 4.79 Å². The smallest absolute Gasteiger partial charge is 0.327 e. The summed E-state index contributed by atoms with van der Waals surface area (Å²) in [5.41, 5.74) is 0. The second-order valence-corrected chi connectivity index (χ2v) is 5.83. The van der Waals surface area contributed by atoms with Crippen molar-refractivity contribution in [3.05, 3.63) is 0 Å². The van der Waals surface area contributed by atoms with E-state index in [0.29, 0.717) is 12.3 Å². The summed E-state index contributed by atoms with van der Waals surface area (Å²) in [6.07, 6.45) is 0.774. The number of nitrogens with zero attached hydrogens (tertiary/aromatic N) is 2. The van der Waals surface area contributed by atoms with E-state index in [1.165, 1.54) is 4.90 Å². The maximum absolute atomic E-state index is 12.5. The zero-order chi connectivity index (χ0) is 13.9. The molecule has 0 spiro atoms. The van der Waals surface area contributed by atoms with E-state index >= 15 is 0 Å². The van der Waals surface area contributed by atoms with Crippen LogP contribution in [-0.2, 0) is 4.79 Å². The van der Waals surface area contributed by atoms with Gasteiger partial charge in [-0.1, -0.05) is 6.92 Å². The van der Waals surface area contributed by atoms with Crippen molar-refractivity contribution in [3.63, 3.8) is 0 Å². The number of carboxylic acid groups (broad SMARTS) is 1. The van der Waals surface area contributed by atoms with Crippen molar-refractivity contribution < 1.29 is 14.7 Å². The van der Waals surface area contributed by atoms with Gasteiger partial charge in [0.2, 0.25) is 0 Å². The molecule has 0 bridgehead atoms. The van der Waals surface area contributed by atoms with Gasteiger partial charge in [0.05, 0.1) is 5.37 Å². The fourth-order valence-electron chi connectivity index (χ4n) is 2.19. The van der Waals surface area contributed by atoms with Crippen LogP contribution in [0.25, 0.3) is 0 Å². The van der Waals surface area contributed by atoms with E-state index in [9.17, 15) is 14.7 Å². The summed E-state index contributed by atoms with van der Waals surface area (Å²) in [7, 11) is 0. The first-order valence-electron chi connectivity index (χ1n) is 6.37. The molecule has 1 aliphatic rings. The lowest BCUT2D eigenvalue weighted by atomic mass is 10.2. The van der Waals surface area contributed by atoms with E-state index in [1.807, 2.05) is 27.7 Å². The lowest BCUT2D eigenvalue weighted by molar-refractivity contribution is -0.141. The van der Waals surface area contributed by atoms with Gasteiger partial charge in [0, 0.05) is 18.3 Å². The Bertz CT molecular complexity index is 322. The lowest BCUT2D eigenvalue weighted by Gasteiger charge is -2.34. The average molecular weight is 274 g/mol. The molecule has 0 aliphatic carbocycles. The van der Waals surface area contributed by atoms with Crippen LogP contribution in [0.5, 0.6) is 0 Å². The Morgan fingerprint density at radius 3 is 2.44 bits per heavy atom. The number of carboxylic acids is 1. The summed E-state index contributed by atoms with van der Waals surface area (Å²) in [5.74, 6) is -0.429. The second kappa shape index (κ2) is 6.31. The maximum atomic E-state index is 12.5. The monoisotopic (exact) mass is 274 g/mol. The standard InChI is InChI=1S/C12H22N2O3S/c1-5-10-14(9(7-18-10)11(15)16)12(17)13(6-2)8(3)4/h8-10H,5-7H2,1-4H3,(H,15,16). The van der Waals surface area contributed by atoms with Crippen LogP contribution in [-0.4, -0.2) is 56.7 Å². The minimum Gasteiger partial charge on any atom is -0.480 e. The number of carbonyl (C=O) groups is 2. The molecule has 104 valence electrons. The summed E-state index contributed by atoms with van der Waals surface area (Å²) >= 11 is 1.55. The van der Waals surface area contributed by atoms with Gasteiger partial charge in [-0.2, -0.15) is 0 Å². The van der Waals surface area contributed by atoms with Crippen molar-refractivity contribution >= 4 is 23.8 Å². The van der Waals surface area contributed by atoms with Gasteiger partial charge < -0.3 is 10.0 Å². The van der Waals surface area contributed by atoms with Crippen LogP contribution >= 0.6 is 11.8 Å². The topological polar surface area (TPSA) is 60.9 Å². The van der Waals surface area contributed by atoms with Gasteiger partial charge in [0.15, 0.2) is 0 Å². The van der Waals surface area contributed by atoms with E-state index in [2.05, 4.69) is 0 Å². The van der Waals surface area contributed by atoms with Crippen LogP contribution in [0.1, 0.15) is 34.1 Å². The Balaban J connectivity index is 2.93. The van der Waals surface area contributed by atoms with Crippen molar-refractivity contribution in [2.45, 2.75) is 51.6 Å². The number of thioether (sulfide) groups is 1. The first-order valence-corrected chi connectivity index (χ1v) is 7.42. The Morgan fingerprint density at radius 1 is 1.44 bits per heavy atom. The van der Waals surface area contributed by atoms with Crippen LogP contribution in [0.15, 0.2) is 0 Å². The third-order valence-corrected chi connectivity index (χ3v) is 4.61. The first kappa shape index (κ1) is 15.1. The minimum absolute atomic E-state index is 0.0219. The van der Waals surface area contributed by atoms with Gasteiger partial charge in [0.25, 0.3) is 0 Å². The van der Waals surface area contributed by atoms with Gasteiger partial charge >= 0.3 is 12.0 Å². The molecule has 6 heteroatoms. The highest BCUT2D eigenvalue weighted by molar-refractivity contribution is 8.00.